The molecule has 2 heterocycles. The summed E-state index contributed by atoms with van der Waals surface area (Å²) in [5.41, 5.74) is 5.08. The topological polar surface area (TPSA) is 67.2 Å². The minimum atomic E-state index is -0.00197. The third-order valence-corrected chi connectivity index (χ3v) is 5.58. The first-order chi connectivity index (χ1) is 13.6. The highest BCUT2D eigenvalue weighted by Gasteiger charge is 2.35. The van der Waals surface area contributed by atoms with Crippen LogP contribution in [-0.4, -0.2) is 13.2 Å². The Morgan fingerprint density at radius 3 is 2.50 bits per heavy atom. The molecule has 1 aromatic heterocycles. The molecule has 0 bridgehead atoms. The minimum absolute atomic E-state index is 0.00197. The van der Waals surface area contributed by atoms with Crippen LogP contribution in [0.3, 0.4) is 0 Å². The molecule has 28 heavy (non-hydrogen) atoms. The molecule has 4 aromatic rings. The molecule has 0 amide bonds. The molecule has 5 heteroatoms. The first kappa shape index (κ1) is 16.2. The number of benzene rings is 3. The number of hydrogen-bond donors (Lipinski definition) is 0. The maximum absolute atomic E-state index is 9.75. The summed E-state index contributed by atoms with van der Waals surface area (Å²) in [5.74, 6) is 0. The average molecular weight is 364 g/mol. The van der Waals surface area contributed by atoms with Crippen molar-refractivity contribution in [2.45, 2.75) is 13.1 Å². The fraction of sp³-hybridized carbons (Fsp3) is 0.130. The minimum Gasteiger partial charge on any atom is -0.456 e. The zero-order valence-electron chi connectivity index (χ0n) is 15.5. The lowest BCUT2D eigenvalue weighted by atomic mass is 10.0. The van der Waals surface area contributed by atoms with Gasteiger partial charge < -0.3 is 14.2 Å². The molecule has 0 saturated carbocycles. The summed E-state index contributed by atoms with van der Waals surface area (Å²) in [4.78, 5) is 4.21. The van der Waals surface area contributed by atoms with Gasteiger partial charge in [0.2, 0.25) is 0 Å². The van der Waals surface area contributed by atoms with Crippen LogP contribution in [0.25, 0.3) is 21.9 Å². The first-order valence-corrected chi connectivity index (χ1v) is 9.04. The number of furan rings is 1. The fourth-order valence-electron chi connectivity index (χ4n) is 4.09. The van der Waals surface area contributed by atoms with Crippen molar-refractivity contribution in [3.05, 3.63) is 65.7 Å². The van der Waals surface area contributed by atoms with E-state index >= 15 is 0 Å². The molecule has 0 spiro atoms. The molecule has 1 atom stereocenters. The SMILES string of the molecule is C[C@H]1N(C)c2ccc(C#N)c(C#N)c2N1c1ccc2c(c1)oc1ccccc12. The number of hydrogen-bond acceptors (Lipinski definition) is 5. The lowest BCUT2D eigenvalue weighted by Crippen LogP contribution is -2.35. The predicted octanol–water partition coefficient (Wildman–Crippen LogP) is 5.26. The maximum Gasteiger partial charge on any atom is 0.137 e. The van der Waals surface area contributed by atoms with Gasteiger partial charge in [-0.15, -0.1) is 0 Å². The quantitative estimate of drug-likeness (QED) is 0.461. The van der Waals surface area contributed by atoms with Crippen LogP contribution in [0.2, 0.25) is 0 Å². The zero-order valence-corrected chi connectivity index (χ0v) is 15.5. The summed E-state index contributed by atoms with van der Waals surface area (Å²) in [6.45, 7) is 2.08. The van der Waals surface area contributed by atoms with Gasteiger partial charge in [0.05, 0.1) is 22.5 Å². The standard InChI is InChI=1S/C23H16N4O/c1-14-26(2)20-10-7-15(12-24)19(13-25)23(20)27(14)16-8-9-18-17-5-3-4-6-21(17)28-22(18)11-16/h3-11,14H,1-2H3/t14-/m0/s1. The highest BCUT2D eigenvalue weighted by Crippen LogP contribution is 2.47. The number of rotatable bonds is 1. The zero-order chi connectivity index (χ0) is 19.4. The van der Waals surface area contributed by atoms with E-state index in [1.165, 1.54) is 0 Å². The van der Waals surface area contributed by atoms with Gasteiger partial charge in [0.25, 0.3) is 0 Å². The molecular weight excluding hydrogens is 348 g/mol. The molecule has 5 nitrogen and oxygen atoms in total. The largest absolute Gasteiger partial charge is 0.456 e. The molecule has 0 unspecified atom stereocenters. The third-order valence-electron chi connectivity index (χ3n) is 5.58. The second-order valence-corrected chi connectivity index (χ2v) is 6.97. The van der Waals surface area contributed by atoms with E-state index in [1.54, 1.807) is 6.07 Å². The molecule has 1 aliphatic rings. The van der Waals surface area contributed by atoms with Crippen LogP contribution in [-0.2, 0) is 0 Å². The van der Waals surface area contributed by atoms with E-state index in [4.69, 9.17) is 4.42 Å². The second kappa shape index (κ2) is 5.77. The molecule has 0 radical (unpaired) electrons. The van der Waals surface area contributed by atoms with Gasteiger partial charge in [0.15, 0.2) is 0 Å². The summed E-state index contributed by atoms with van der Waals surface area (Å²) in [7, 11) is 2.00. The van der Waals surface area contributed by atoms with Crippen molar-refractivity contribution < 1.29 is 4.42 Å². The van der Waals surface area contributed by atoms with Gasteiger partial charge in [-0.1, -0.05) is 18.2 Å². The summed E-state index contributed by atoms with van der Waals surface area (Å²) < 4.78 is 6.05. The molecule has 0 aliphatic carbocycles. The highest BCUT2D eigenvalue weighted by molar-refractivity contribution is 6.06. The van der Waals surface area contributed by atoms with Crippen LogP contribution < -0.4 is 9.80 Å². The van der Waals surface area contributed by atoms with Crippen molar-refractivity contribution in [3.8, 4) is 12.1 Å². The maximum atomic E-state index is 9.75. The van der Waals surface area contributed by atoms with Crippen molar-refractivity contribution in [1.29, 1.82) is 10.5 Å². The van der Waals surface area contributed by atoms with Crippen LogP contribution in [0.4, 0.5) is 17.1 Å². The Balaban J connectivity index is 1.75. The van der Waals surface area contributed by atoms with E-state index in [1.807, 2.05) is 43.4 Å². The van der Waals surface area contributed by atoms with E-state index in [-0.39, 0.29) is 6.17 Å². The van der Waals surface area contributed by atoms with Crippen molar-refractivity contribution in [2.75, 3.05) is 16.8 Å². The molecule has 0 fully saturated rings. The number of nitriles is 2. The Hall–Kier alpha value is -3.96. The monoisotopic (exact) mass is 364 g/mol. The van der Waals surface area contributed by atoms with Crippen LogP contribution in [0.1, 0.15) is 18.1 Å². The van der Waals surface area contributed by atoms with Crippen molar-refractivity contribution >= 4 is 39.0 Å². The number of nitrogens with zero attached hydrogens (tertiary/aromatic N) is 4. The Kier molecular flexibility index (Phi) is 3.35. The van der Waals surface area contributed by atoms with Gasteiger partial charge >= 0.3 is 0 Å². The van der Waals surface area contributed by atoms with Crippen LogP contribution in [0.15, 0.2) is 59.0 Å². The highest BCUT2D eigenvalue weighted by atomic mass is 16.3. The average Bonchev–Trinajstić information content (AvgIpc) is 3.22. The number of fused-ring (bicyclic) bond motifs is 4. The Morgan fingerprint density at radius 2 is 1.71 bits per heavy atom. The van der Waals surface area contributed by atoms with Gasteiger partial charge in [-0.3, -0.25) is 0 Å². The molecule has 134 valence electrons. The van der Waals surface area contributed by atoms with Crippen LogP contribution in [0, 0.1) is 22.7 Å². The third kappa shape index (κ3) is 2.05. The molecule has 1 aliphatic heterocycles. The molecular formula is C23H16N4O. The van der Waals surface area contributed by atoms with Crippen LogP contribution >= 0.6 is 0 Å². The van der Waals surface area contributed by atoms with E-state index < -0.39 is 0 Å². The lowest BCUT2D eigenvalue weighted by Gasteiger charge is -2.28. The summed E-state index contributed by atoms with van der Waals surface area (Å²) in [5, 5.41) is 21.3. The molecule has 5 rings (SSSR count). The summed E-state index contributed by atoms with van der Waals surface area (Å²) in [6, 6.07) is 22.1. The Morgan fingerprint density at radius 1 is 0.929 bits per heavy atom. The van der Waals surface area contributed by atoms with E-state index in [0.717, 1.165) is 39.0 Å². The van der Waals surface area contributed by atoms with Crippen molar-refractivity contribution in [2.24, 2.45) is 0 Å². The fourth-order valence-corrected chi connectivity index (χ4v) is 4.09. The first-order valence-electron chi connectivity index (χ1n) is 9.04. The molecule has 3 aromatic carbocycles. The van der Waals surface area contributed by atoms with E-state index in [2.05, 4.69) is 41.0 Å². The molecule has 0 N–H and O–H groups in total. The predicted molar refractivity (Wildman–Crippen MR) is 110 cm³/mol. The number of anilines is 3. The van der Waals surface area contributed by atoms with Gasteiger partial charge in [-0.25, -0.2) is 0 Å². The van der Waals surface area contributed by atoms with Gasteiger partial charge in [0.1, 0.15) is 29.5 Å². The normalized spacial score (nSPS) is 15.6. The van der Waals surface area contributed by atoms with Crippen molar-refractivity contribution in [1.82, 2.24) is 0 Å². The van der Waals surface area contributed by atoms with Gasteiger partial charge in [0, 0.05) is 29.6 Å². The van der Waals surface area contributed by atoms with Crippen LogP contribution in [0.5, 0.6) is 0 Å². The summed E-state index contributed by atoms with van der Waals surface area (Å²) >= 11 is 0. The van der Waals surface area contributed by atoms with Gasteiger partial charge in [-0.05, 0) is 37.3 Å². The van der Waals surface area contributed by atoms with Gasteiger partial charge in [-0.2, -0.15) is 10.5 Å². The van der Waals surface area contributed by atoms with Crippen molar-refractivity contribution in [3.63, 3.8) is 0 Å². The number of para-hydroxylation sites is 1. The van der Waals surface area contributed by atoms with E-state index in [0.29, 0.717) is 11.1 Å². The Bertz CT molecular complexity index is 1340. The second-order valence-electron chi connectivity index (χ2n) is 6.97. The smallest absolute Gasteiger partial charge is 0.137 e. The lowest BCUT2D eigenvalue weighted by molar-refractivity contribution is 0.668. The Labute approximate surface area is 162 Å². The molecule has 0 saturated heterocycles. The van der Waals surface area contributed by atoms with E-state index in [9.17, 15) is 10.5 Å². The summed E-state index contributed by atoms with van der Waals surface area (Å²) in [6.07, 6.45) is -0.00197.